The van der Waals surface area contributed by atoms with Gasteiger partial charge in [-0.1, -0.05) is 43.5 Å². The van der Waals surface area contributed by atoms with Gasteiger partial charge >= 0.3 is 6.09 Å². The number of carbonyl (C=O) groups is 3. The largest absolute Gasteiger partial charge is 0.444 e. The number of benzene rings is 1. The molecule has 0 aliphatic heterocycles. The Labute approximate surface area is 215 Å². The summed E-state index contributed by atoms with van der Waals surface area (Å²) in [6, 6.07) is 4.03. The SMILES string of the molecule is C=CCN(C(=O)C(CS)NC(=O)OC(C)(C)C)C(C(=O)NC1CCCCC1)c1ccc(C)c(C)c1. The Bertz CT molecular complexity index is 906. The maximum Gasteiger partial charge on any atom is 0.408 e. The summed E-state index contributed by atoms with van der Waals surface area (Å²) < 4.78 is 5.33. The summed E-state index contributed by atoms with van der Waals surface area (Å²) in [4.78, 5) is 41.2. The van der Waals surface area contributed by atoms with E-state index in [0.29, 0.717) is 5.56 Å². The molecule has 3 amide bonds. The predicted octanol–water partition coefficient (Wildman–Crippen LogP) is 4.63. The molecule has 1 aromatic rings. The van der Waals surface area contributed by atoms with Crippen molar-refractivity contribution in [2.75, 3.05) is 12.3 Å². The molecule has 1 aromatic carbocycles. The van der Waals surface area contributed by atoms with E-state index in [2.05, 4.69) is 29.8 Å². The molecule has 1 fully saturated rings. The Morgan fingerprint density at radius 1 is 1.17 bits per heavy atom. The van der Waals surface area contributed by atoms with E-state index in [1.54, 1.807) is 26.8 Å². The molecule has 0 spiro atoms. The summed E-state index contributed by atoms with van der Waals surface area (Å²) in [5.74, 6) is -0.603. The normalized spacial score (nSPS) is 16.1. The van der Waals surface area contributed by atoms with Gasteiger partial charge in [-0.3, -0.25) is 9.59 Å². The maximum absolute atomic E-state index is 13.7. The molecule has 2 N–H and O–H groups in total. The number of rotatable bonds is 9. The van der Waals surface area contributed by atoms with Gasteiger partial charge in [0.1, 0.15) is 17.7 Å². The fraction of sp³-hybridized carbons (Fsp3) is 0.593. The third kappa shape index (κ3) is 8.60. The highest BCUT2D eigenvalue weighted by Gasteiger charge is 2.36. The molecule has 0 aromatic heterocycles. The second kappa shape index (κ2) is 13.0. The van der Waals surface area contributed by atoms with Crippen LogP contribution in [0.15, 0.2) is 30.9 Å². The van der Waals surface area contributed by atoms with Gasteiger partial charge in [-0.15, -0.1) is 6.58 Å². The van der Waals surface area contributed by atoms with Gasteiger partial charge in [0, 0.05) is 18.3 Å². The fourth-order valence-corrected chi connectivity index (χ4v) is 4.48. The molecule has 0 heterocycles. The van der Waals surface area contributed by atoms with Crippen molar-refractivity contribution in [2.24, 2.45) is 0 Å². The Kier molecular flexibility index (Phi) is 10.7. The summed E-state index contributed by atoms with van der Waals surface area (Å²) in [7, 11) is 0. The minimum absolute atomic E-state index is 0.0512. The zero-order valence-corrected chi connectivity index (χ0v) is 22.6. The van der Waals surface area contributed by atoms with Crippen LogP contribution in [0.2, 0.25) is 0 Å². The lowest BCUT2D eigenvalue weighted by Crippen LogP contribution is -2.54. The van der Waals surface area contributed by atoms with Crippen molar-refractivity contribution in [1.82, 2.24) is 15.5 Å². The van der Waals surface area contributed by atoms with Gasteiger partial charge in [0.25, 0.3) is 0 Å². The van der Waals surface area contributed by atoms with Crippen LogP contribution in [0.4, 0.5) is 4.79 Å². The highest BCUT2D eigenvalue weighted by atomic mass is 32.1. The van der Waals surface area contributed by atoms with Crippen molar-refractivity contribution in [2.45, 2.75) is 90.4 Å². The summed E-state index contributed by atoms with van der Waals surface area (Å²) in [6.07, 6.45) is 6.07. The lowest BCUT2D eigenvalue weighted by molar-refractivity contribution is -0.141. The van der Waals surface area contributed by atoms with E-state index >= 15 is 0 Å². The molecular weight excluding hydrogens is 462 g/mol. The van der Waals surface area contributed by atoms with Gasteiger partial charge in [0.05, 0.1) is 0 Å². The number of hydrogen-bond acceptors (Lipinski definition) is 5. The molecule has 35 heavy (non-hydrogen) atoms. The first-order valence-corrected chi connectivity index (χ1v) is 13.0. The van der Waals surface area contributed by atoms with Gasteiger partial charge in [-0.05, 0) is 64.2 Å². The van der Waals surface area contributed by atoms with Crippen LogP contribution in [0.5, 0.6) is 0 Å². The van der Waals surface area contributed by atoms with Gasteiger partial charge in [-0.25, -0.2) is 4.79 Å². The summed E-state index contributed by atoms with van der Waals surface area (Å²) in [5, 5.41) is 5.79. The standard InChI is InChI=1S/C27H41N3O4S/c1-7-15-30(25(32)22(17-35)29-26(33)34-27(4,5)6)23(20-14-13-18(2)19(3)16-20)24(31)28-21-11-9-8-10-12-21/h7,13-14,16,21-23,35H,1,8-12,15,17H2,2-6H3,(H,28,31)(H,29,33). The Hall–Kier alpha value is -2.48. The quantitative estimate of drug-likeness (QED) is 0.339. The van der Waals surface area contributed by atoms with Crippen LogP contribution < -0.4 is 10.6 Å². The highest BCUT2D eigenvalue weighted by Crippen LogP contribution is 2.26. The number of ether oxygens (including phenoxy) is 1. The minimum atomic E-state index is -0.968. The van der Waals surface area contributed by atoms with E-state index in [4.69, 9.17) is 4.74 Å². The van der Waals surface area contributed by atoms with E-state index < -0.39 is 29.7 Å². The first kappa shape index (κ1) is 28.8. The molecule has 2 atom stereocenters. The zero-order chi connectivity index (χ0) is 26.2. The van der Waals surface area contributed by atoms with Crippen LogP contribution in [0.3, 0.4) is 0 Å². The molecule has 1 saturated carbocycles. The molecule has 1 aliphatic rings. The minimum Gasteiger partial charge on any atom is -0.444 e. The third-order valence-electron chi connectivity index (χ3n) is 6.14. The number of thiol groups is 1. The first-order chi connectivity index (χ1) is 16.5. The van der Waals surface area contributed by atoms with E-state index in [1.807, 2.05) is 32.0 Å². The number of carbonyl (C=O) groups excluding carboxylic acids is 3. The first-order valence-electron chi connectivity index (χ1n) is 12.4. The van der Waals surface area contributed by atoms with E-state index in [9.17, 15) is 14.4 Å². The maximum atomic E-state index is 13.7. The molecule has 1 aliphatic carbocycles. The molecule has 2 rings (SSSR count). The van der Waals surface area contributed by atoms with Crippen molar-refractivity contribution in [3.63, 3.8) is 0 Å². The van der Waals surface area contributed by atoms with Gasteiger partial charge in [0.15, 0.2) is 0 Å². The summed E-state index contributed by atoms with van der Waals surface area (Å²) >= 11 is 4.30. The monoisotopic (exact) mass is 503 g/mol. The molecule has 194 valence electrons. The Morgan fingerprint density at radius 2 is 1.83 bits per heavy atom. The average Bonchev–Trinajstić information content (AvgIpc) is 2.78. The Morgan fingerprint density at radius 3 is 2.37 bits per heavy atom. The van der Waals surface area contributed by atoms with Crippen LogP contribution in [0, 0.1) is 13.8 Å². The third-order valence-corrected chi connectivity index (χ3v) is 6.50. The number of hydrogen-bond donors (Lipinski definition) is 3. The van der Waals surface area contributed by atoms with Crippen LogP contribution in [-0.4, -0.2) is 52.8 Å². The van der Waals surface area contributed by atoms with Crippen molar-refractivity contribution < 1.29 is 19.1 Å². The number of amides is 3. The van der Waals surface area contributed by atoms with Crippen molar-refractivity contribution in [3.05, 3.63) is 47.5 Å². The number of nitrogens with zero attached hydrogens (tertiary/aromatic N) is 1. The molecular formula is C27H41N3O4S. The number of aryl methyl sites for hydroxylation is 2. The number of alkyl carbamates (subject to hydrolysis) is 1. The van der Waals surface area contributed by atoms with Gasteiger partial charge in [0.2, 0.25) is 11.8 Å². The van der Waals surface area contributed by atoms with Crippen LogP contribution in [0.1, 0.15) is 75.6 Å². The smallest absolute Gasteiger partial charge is 0.408 e. The second-order valence-electron chi connectivity index (χ2n) is 10.3. The molecule has 0 radical (unpaired) electrons. The average molecular weight is 504 g/mol. The molecule has 0 bridgehead atoms. The summed E-state index contributed by atoms with van der Waals surface area (Å²) in [5.41, 5.74) is 2.13. The molecule has 7 nitrogen and oxygen atoms in total. The highest BCUT2D eigenvalue weighted by molar-refractivity contribution is 7.80. The van der Waals surface area contributed by atoms with Crippen LogP contribution in [0.25, 0.3) is 0 Å². The lowest BCUT2D eigenvalue weighted by Gasteiger charge is -2.35. The van der Waals surface area contributed by atoms with Crippen molar-refractivity contribution in [1.29, 1.82) is 0 Å². The number of nitrogens with one attached hydrogen (secondary N) is 2. The van der Waals surface area contributed by atoms with E-state index in [1.165, 1.54) is 11.3 Å². The van der Waals surface area contributed by atoms with Crippen molar-refractivity contribution >= 4 is 30.5 Å². The fourth-order valence-electron chi connectivity index (χ4n) is 4.23. The zero-order valence-electron chi connectivity index (χ0n) is 21.7. The van der Waals surface area contributed by atoms with E-state index in [0.717, 1.165) is 36.8 Å². The van der Waals surface area contributed by atoms with Crippen LogP contribution >= 0.6 is 12.6 Å². The van der Waals surface area contributed by atoms with Gasteiger partial charge < -0.3 is 20.3 Å². The molecule has 2 unspecified atom stereocenters. The topological polar surface area (TPSA) is 87.7 Å². The molecule has 8 heteroatoms. The molecule has 0 saturated heterocycles. The van der Waals surface area contributed by atoms with Crippen LogP contribution in [-0.2, 0) is 14.3 Å². The Balaban J connectivity index is 2.39. The van der Waals surface area contributed by atoms with Crippen molar-refractivity contribution in [3.8, 4) is 0 Å². The predicted molar refractivity (Wildman–Crippen MR) is 143 cm³/mol. The summed E-state index contributed by atoms with van der Waals surface area (Å²) in [6.45, 7) is 13.2. The second-order valence-corrected chi connectivity index (χ2v) is 10.6. The van der Waals surface area contributed by atoms with E-state index in [-0.39, 0.29) is 24.2 Å². The van der Waals surface area contributed by atoms with Gasteiger partial charge in [-0.2, -0.15) is 12.6 Å². The lowest BCUT2D eigenvalue weighted by atomic mass is 9.94.